The van der Waals surface area contributed by atoms with E-state index >= 15 is 0 Å². The molecule has 7 heteroatoms. The number of methoxy groups -OCH3 is 1. The number of carbonyl (C=O) groups is 1. The number of hydrogen-bond acceptors (Lipinski definition) is 4. The average Bonchev–Trinajstić information content (AvgIpc) is 2.57. The van der Waals surface area contributed by atoms with E-state index < -0.39 is 15.9 Å². The molecule has 140 valence electrons. The topological polar surface area (TPSA) is 84.5 Å². The molecule has 2 aromatic carbocycles. The molecule has 0 fully saturated rings. The van der Waals surface area contributed by atoms with Crippen molar-refractivity contribution in [3.8, 4) is 5.75 Å². The summed E-state index contributed by atoms with van der Waals surface area (Å²) in [7, 11) is -2.47. The summed E-state index contributed by atoms with van der Waals surface area (Å²) in [6.45, 7) is 7.17. The maximum atomic E-state index is 12.6. The summed E-state index contributed by atoms with van der Waals surface area (Å²) in [4.78, 5) is 12.1. The minimum atomic E-state index is -3.88. The van der Waals surface area contributed by atoms with Gasteiger partial charge in [0.15, 0.2) is 0 Å². The van der Waals surface area contributed by atoms with E-state index in [1.807, 2.05) is 39.8 Å². The van der Waals surface area contributed by atoms with Crippen molar-refractivity contribution in [2.45, 2.75) is 32.6 Å². The number of hydrogen-bond donors (Lipinski definition) is 2. The lowest BCUT2D eigenvalue weighted by Crippen LogP contribution is -2.33. The lowest BCUT2D eigenvalue weighted by Gasteiger charge is -2.14. The van der Waals surface area contributed by atoms with Crippen molar-refractivity contribution < 1.29 is 17.9 Å². The molecule has 0 aromatic heterocycles. The zero-order valence-electron chi connectivity index (χ0n) is 15.6. The number of anilines is 1. The summed E-state index contributed by atoms with van der Waals surface area (Å²) >= 11 is 0. The minimum Gasteiger partial charge on any atom is -0.495 e. The van der Waals surface area contributed by atoms with Gasteiger partial charge in [-0.05, 0) is 62.6 Å². The number of benzene rings is 2. The van der Waals surface area contributed by atoms with Crippen molar-refractivity contribution in [1.29, 1.82) is 0 Å². The van der Waals surface area contributed by atoms with Crippen LogP contribution in [0.2, 0.25) is 0 Å². The molecule has 0 unspecified atom stereocenters. The fourth-order valence-electron chi connectivity index (χ4n) is 2.52. The fourth-order valence-corrected chi connectivity index (χ4v) is 3.73. The molecule has 2 rings (SSSR count). The molecule has 0 aliphatic carbocycles. The highest BCUT2D eigenvalue weighted by Gasteiger charge is 2.21. The molecule has 0 radical (unpaired) electrons. The molecule has 0 heterocycles. The number of ether oxygens (including phenoxy) is 1. The highest BCUT2D eigenvalue weighted by atomic mass is 32.2. The Morgan fingerprint density at radius 2 is 1.65 bits per heavy atom. The summed E-state index contributed by atoms with van der Waals surface area (Å²) in [6, 6.07) is 8.83. The highest BCUT2D eigenvalue weighted by Crippen LogP contribution is 2.27. The predicted molar refractivity (Wildman–Crippen MR) is 102 cm³/mol. The Kier molecular flexibility index (Phi) is 6.05. The number of rotatable bonds is 6. The number of nitrogens with one attached hydrogen (secondary N) is 2. The van der Waals surface area contributed by atoms with E-state index in [1.54, 1.807) is 18.2 Å². The van der Waals surface area contributed by atoms with Gasteiger partial charge in [0.05, 0.1) is 13.7 Å². The molecule has 0 aliphatic heterocycles. The van der Waals surface area contributed by atoms with Gasteiger partial charge >= 0.3 is 0 Å². The largest absolute Gasteiger partial charge is 0.495 e. The van der Waals surface area contributed by atoms with Gasteiger partial charge in [-0.25, -0.2) is 13.1 Å². The second-order valence-electron chi connectivity index (χ2n) is 6.28. The van der Waals surface area contributed by atoms with Crippen molar-refractivity contribution >= 4 is 21.6 Å². The Hall–Kier alpha value is -2.38. The van der Waals surface area contributed by atoms with Crippen molar-refractivity contribution in [3.63, 3.8) is 0 Å². The average molecular weight is 376 g/mol. The minimum absolute atomic E-state index is 0.0161. The summed E-state index contributed by atoms with van der Waals surface area (Å²) in [5, 5.41) is 2.71. The van der Waals surface area contributed by atoms with Crippen LogP contribution >= 0.6 is 0 Å². The van der Waals surface area contributed by atoms with Gasteiger partial charge in [0.25, 0.3) is 0 Å². The third kappa shape index (κ3) is 4.62. The van der Waals surface area contributed by atoms with Crippen LogP contribution in [0.15, 0.2) is 35.2 Å². The van der Waals surface area contributed by atoms with E-state index in [0.29, 0.717) is 5.69 Å². The molecule has 1 amide bonds. The second kappa shape index (κ2) is 7.88. The van der Waals surface area contributed by atoms with Crippen LogP contribution in [-0.4, -0.2) is 28.0 Å². The van der Waals surface area contributed by atoms with Gasteiger partial charge < -0.3 is 10.1 Å². The van der Waals surface area contributed by atoms with E-state index in [-0.39, 0.29) is 17.2 Å². The van der Waals surface area contributed by atoms with Crippen molar-refractivity contribution in [2.24, 2.45) is 0 Å². The SMILES string of the molecule is COc1cc(C)c(C)cc1S(=O)(=O)NCC(=O)Nc1ccc(C)cc1C. The first-order valence-corrected chi connectivity index (χ1v) is 9.64. The molecular formula is C19H24N2O4S. The third-order valence-electron chi connectivity index (χ3n) is 4.15. The number of carbonyl (C=O) groups excluding carboxylic acids is 1. The van der Waals surface area contributed by atoms with Gasteiger partial charge in [-0.1, -0.05) is 17.7 Å². The first-order chi connectivity index (χ1) is 12.1. The van der Waals surface area contributed by atoms with E-state index in [2.05, 4.69) is 10.0 Å². The Morgan fingerprint density at radius 1 is 1.00 bits per heavy atom. The fraction of sp³-hybridized carbons (Fsp3) is 0.316. The zero-order chi connectivity index (χ0) is 19.5. The molecule has 26 heavy (non-hydrogen) atoms. The summed E-state index contributed by atoms with van der Waals surface area (Å²) in [5.41, 5.74) is 4.41. The van der Waals surface area contributed by atoms with Crippen LogP contribution in [-0.2, 0) is 14.8 Å². The zero-order valence-corrected chi connectivity index (χ0v) is 16.5. The first-order valence-electron chi connectivity index (χ1n) is 8.16. The quantitative estimate of drug-likeness (QED) is 0.812. The van der Waals surface area contributed by atoms with E-state index in [0.717, 1.165) is 22.3 Å². The van der Waals surface area contributed by atoms with Crippen LogP contribution in [0.25, 0.3) is 0 Å². The summed E-state index contributed by atoms with van der Waals surface area (Å²) < 4.78 is 32.7. The molecule has 6 nitrogen and oxygen atoms in total. The highest BCUT2D eigenvalue weighted by molar-refractivity contribution is 7.89. The van der Waals surface area contributed by atoms with Gasteiger partial charge in [-0.15, -0.1) is 0 Å². The van der Waals surface area contributed by atoms with Crippen LogP contribution in [0, 0.1) is 27.7 Å². The second-order valence-corrected chi connectivity index (χ2v) is 8.01. The van der Waals surface area contributed by atoms with Crippen molar-refractivity contribution in [1.82, 2.24) is 4.72 Å². The molecule has 0 spiro atoms. The van der Waals surface area contributed by atoms with Gasteiger partial charge in [-0.3, -0.25) is 4.79 Å². The molecule has 0 aliphatic rings. The first kappa shape index (κ1) is 19.9. The molecule has 0 atom stereocenters. The van der Waals surface area contributed by atoms with E-state index in [4.69, 9.17) is 4.74 Å². The molecule has 0 saturated carbocycles. The van der Waals surface area contributed by atoms with Gasteiger partial charge in [0.2, 0.25) is 15.9 Å². The molecule has 2 aromatic rings. The summed E-state index contributed by atoms with van der Waals surface area (Å²) in [6.07, 6.45) is 0. The van der Waals surface area contributed by atoms with Crippen LogP contribution < -0.4 is 14.8 Å². The number of aryl methyl sites for hydroxylation is 4. The maximum Gasteiger partial charge on any atom is 0.244 e. The van der Waals surface area contributed by atoms with Gasteiger partial charge in [-0.2, -0.15) is 0 Å². The third-order valence-corrected chi connectivity index (χ3v) is 5.57. The van der Waals surface area contributed by atoms with Crippen molar-refractivity contribution in [2.75, 3.05) is 19.0 Å². The number of sulfonamides is 1. The number of amides is 1. The Bertz CT molecular complexity index is 937. The van der Waals surface area contributed by atoms with Crippen LogP contribution in [0.5, 0.6) is 5.75 Å². The molecule has 2 N–H and O–H groups in total. The van der Waals surface area contributed by atoms with Crippen molar-refractivity contribution in [3.05, 3.63) is 52.6 Å². The lowest BCUT2D eigenvalue weighted by atomic mass is 10.1. The Balaban J connectivity index is 2.13. The normalized spacial score (nSPS) is 11.3. The smallest absolute Gasteiger partial charge is 0.244 e. The lowest BCUT2D eigenvalue weighted by molar-refractivity contribution is -0.115. The Labute approximate surface area is 154 Å². The molecular weight excluding hydrogens is 352 g/mol. The van der Waals surface area contributed by atoms with Gasteiger partial charge in [0.1, 0.15) is 10.6 Å². The van der Waals surface area contributed by atoms with Crippen LogP contribution in [0.3, 0.4) is 0 Å². The monoisotopic (exact) mass is 376 g/mol. The maximum absolute atomic E-state index is 12.6. The molecule has 0 saturated heterocycles. The standard InChI is InChI=1S/C19H24N2O4S/c1-12-6-7-16(15(4)8-12)21-19(22)11-20-26(23,24)18-10-14(3)13(2)9-17(18)25-5/h6-10,20H,11H2,1-5H3,(H,21,22). The summed E-state index contributed by atoms with van der Waals surface area (Å²) in [5.74, 6) is -0.196. The molecule has 0 bridgehead atoms. The van der Waals surface area contributed by atoms with E-state index in [9.17, 15) is 13.2 Å². The Morgan fingerprint density at radius 3 is 2.27 bits per heavy atom. The van der Waals surface area contributed by atoms with Gasteiger partial charge in [0, 0.05) is 5.69 Å². The predicted octanol–water partition coefficient (Wildman–Crippen LogP) is 2.85. The van der Waals surface area contributed by atoms with E-state index in [1.165, 1.54) is 7.11 Å². The van der Waals surface area contributed by atoms with Crippen LogP contribution in [0.4, 0.5) is 5.69 Å². The van der Waals surface area contributed by atoms with Crippen LogP contribution in [0.1, 0.15) is 22.3 Å².